The summed E-state index contributed by atoms with van der Waals surface area (Å²) in [6, 6.07) is 0. The van der Waals surface area contributed by atoms with E-state index in [0.29, 0.717) is 0 Å². The molecule has 0 saturated heterocycles. The van der Waals surface area contributed by atoms with Crippen molar-refractivity contribution in [2.45, 2.75) is 65.2 Å². The van der Waals surface area contributed by atoms with Crippen LogP contribution in [0.3, 0.4) is 0 Å². The second-order valence-electron chi connectivity index (χ2n) is 4.54. The van der Waals surface area contributed by atoms with Crippen molar-refractivity contribution in [1.29, 1.82) is 0 Å². The molecule has 0 nitrogen and oxygen atoms in total. The minimum Gasteiger partial charge on any atom is -0.103 e. The van der Waals surface area contributed by atoms with Crippen LogP contribution < -0.4 is 0 Å². The van der Waals surface area contributed by atoms with E-state index < -0.39 is 0 Å². The Hall–Kier alpha value is -0.520. The average Bonchev–Trinajstić information content (AvgIpc) is 2.22. The van der Waals surface area contributed by atoms with Crippen LogP contribution in [0.25, 0.3) is 0 Å². The summed E-state index contributed by atoms with van der Waals surface area (Å²) in [6.07, 6.45) is 17.3. The first-order chi connectivity index (χ1) is 7.31. The number of rotatable bonds is 10. The summed E-state index contributed by atoms with van der Waals surface area (Å²) in [5.74, 6) is 0.763. The summed E-state index contributed by atoms with van der Waals surface area (Å²) in [5.41, 5.74) is 0. The summed E-state index contributed by atoms with van der Waals surface area (Å²) in [6.45, 7) is 8.31. The number of hydrogen-bond acceptors (Lipinski definition) is 0. The fraction of sp³-hybridized carbons (Fsp3) is 0.733. The SMILES string of the molecule is C=CCC(C)CC=CCCCCCCC. The first kappa shape index (κ1) is 14.5. The molecule has 0 heteroatoms. The van der Waals surface area contributed by atoms with Crippen molar-refractivity contribution in [2.75, 3.05) is 0 Å². The van der Waals surface area contributed by atoms with Crippen LogP contribution in [0, 0.1) is 5.92 Å². The lowest BCUT2D eigenvalue weighted by molar-refractivity contribution is 0.600. The molecular weight excluding hydrogens is 180 g/mol. The number of allylic oxidation sites excluding steroid dienone is 3. The molecule has 0 fully saturated rings. The van der Waals surface area contributed by atoms with Gasteiger partial charge in [0.15, 0.2) is 0 Å². The monoisotopic (exact) mass is 208 g/mol. The zero-order chi connectivity index (χ0) is 11.4. The maximum Gasteiger partial charge on any atom is -0.0322 e. The first-order valence-corrected chi connectivity index (χ1v) is 6.57. The minimum absolute atomic E-state index is 0.763. The van der Waals surface area contributed by atoms with Crippen LogP contribution in [0.5, 0.6) is 0 Å². The molecule has 0 aromatic rings. The molecule has 0 rings (SSSR count). The number of unbranched alkanes of at least 4 members (excludes halogenated alkanes) is 5. The summed E-state index contributed by atoms with van der Waals surface area (Å²) in [5, 5.41) is 0. The molecule has 0 heterocycles. The minimum atomic E-state index is 0.763. The van der Waals surface area contributed by atoms with Crippen LogP contribution in [0.1, 0.15) is 65.2 Å². The largest absolute Gasteiger partial charge is 0.103 e. The fourth-order valence-electron chi connectivity index (χ4n) is 1.69. The normalized spacial score (nSPS) is 13.2. The third-order valence-electron chi connectivity index (χ3n) is 2.75. The molecular formula is C15H28. The van der Waals surface area contributed by atoms with Gasteiger partial charge in [-0.2, -0.15) is 0 Å². The van der Waals surface area contributed by atoms with E-state index in [1.807, 2.05) is 6.08 Å². The number of hydrogen-bond donors (Lipinski definition) is 0. The van der Waals surface area contributed by atoms with Crippen molar-refractivity contribution < 1.29 is 0 Å². The highest BCUT2D eigenvalue weighted by Gasteiger charge is 1.94. The van der Waals surface area contributed by atoms with Gasteiger partial charge in [-0.25, -0.2) is 0 Å². The van der Waals surface area contributed by atoms with Crippen molar-refractivity contribution >= 4 is 0 Å². The van der Waals surface area contributed by atoms with Gasteiger partial charge < -0.3 is 0 Å². The molecule has 0 N–H and O–H groups in total. The first-order valence-electron chi connectivity index (χ1n) is 6.57. The van der Waals surface area contributed by atoms with Crippen LogP contribution in [-0.4, -0.2) is 0 Å². The van der Waals surface area contributed by atoms with E-state index in [-0.39, 0.29) is 0 Å². The smallest absolute Gasteiger partial charge is 0.0322 e. The second-order valence-corrected chi connectivity index (χ2v) is 4.54. The molecule has 0 aliphatic carbocycles. The van der Waals surface area contributed by atoms with Crippen molar-refractivity contribution in [1.82, 2.24) is 0 Å². The highest BCUT2D eigenvalue weighted by Crippen LogP contribution is 2.10. The Labute approximate surface area is 96.5 Å². The molecule has 0 aromatic carbocycles. The van der Waals surface area contributed by atoms with E-state index in [9.17, 15) is 0 Å². The molecule has 1 atom stereocenters. The van der Waals surface area contributed by atoms with Crippen LogP contribution in [0.4, 0.5) is 0 Å². The fourth-order valence-corrected chi connectivity index (χ4v) is 1.69. The molecule has 1 unspecified atom stereocenters. The van der Waals surface area contributed by atoms with E-state index in [1.54, 1.807) is 0 Å². The van der Waals surface area contributed by atoms with Gasteiger partial charge in [-0.3, -0.25) is 0 Å². The highest BCUT2D eigenvalue weighted by molar-refractivity contribution is 4.84. The lowest BCUT2D eigenvalue weighted by atomic mass is 10.0. The zero-order valence-electron chi connectivity index (χ0n) is 10.7. The van der Waals surface area contributed by atoms with E-state index in [2.05, 4.69) is 32.6 Å². The predicted molar refractivity (Wildman–Crippen MR) is 71.1 cm³/mol. The molecule has 0 spiro atoms. The second kappa shape index (κ2) is 11.6. The van der Waals surface area contributed by atoms with E-state index >= 15 is 0 Å². The van der Waals surface area contributed by atoms with Gasteiger partial charge in [0.05, 0.1) is 0 Å². The summed E-state index contributed by atoms with van der Waals surface area (Å²) in [4.78, 5) is 0. The Bertz CT molecular complexity index is 155. The van der Waals surface area contributed by atoms with Gasteiger partial charge in [-0.05, 0) is 31.6 Å². The zero-order valence-corrected chi connectivity index (χ0v) is 10.7. The molecule has 0 aliphatic heterocycles. The molecule has 0 saturated carbocycles. The van der Waals surface area contributed by atoms with Gasteiger partial charge in [0.25, 0.3) is 0 Å². The Balaban J connectivity index is 3.20. The van der Waals surface area contributed by atoms with Gasteiger partial charge >= 0.3 is 0 Å². The van der Waals surface area contributed by atoms with Crippen molar-refractivity contribution in [3.8, 4) is 0 Å². The molecule has 15 heavy (non-hydrogen) atoms. The third kappa shape index (κ3) is 11.4. The van der Waals surface area contributed by atoms with Crippen LogP contribution >= 0.6 is 0 Å². The quantitative estimate of drug-likeness (QED) is 0.328. The van der Waals surface area contributed by atoms with Crippen LogP contribution in [-0.2, 0) is 0 Å². The molecule has 0 radical (unpaired) electrons. The third-order valence-corrected chi connectivity index (χ3v) is 2.75. The Kier molecular flexibility index (Phi) is 11.2. The van der Waals surface area contributed by atoms with E-state index in [0.717, 1.165) is 12.3 Å². The summed E-state index contributed by atoms with van der Waals surface area (Å²) < 4.78 is 0. The maximum absolute atomic E-state index is 3.76. The molecule has 88 valence electrons. The summed E-state index contributed by atoms with van der Waals surface area (Å²) in [7, 11) is 0. The average molecular weight is 208 g/mol. The van der Waals surface area contributed by atoms with Crippen LogP contribution in [0.15, 0.2) is 24.8 Å². The van der Waals surface area contributed by atoms with Crippen molar-refractivity contribution in [3.63, 3.8) is 0 Å². The van der Waals surface area contributed by atoms with Crippen molar-refractivity contribution in [3.05, 3.63) is 24.8 Å². The Morgan fingerprint density at radius 2 is 1.73 bits per heavy atom. The Morgan fingerprint density at radius 3 is 2.40 bits per heavy atom. The maximum atomic E-state index is 3.76. The molecule has 0 amide bonds. The Morgan fingerprint density at radius 1 is 1.00 bits per heavy atom. The van der Waals surface area contributed by atoms with Crippen LogP contribution in [0.2, 0.25) is 0 Å². The van der Waals surface area contributed by atoms with Gasteiger partial charge in [0.2, 0.25) is 0 Å². The van der Waals surface area contributed by atoms with E-state index in [1.165, 1.54) is 44.9 Å². The van der Waals surface area contributed by atoms with Gasteiger partial charge in [-0.15, -0.1) is 6.58 Å². The molecule has 0 aromatic heterocycles. The van der Waals surface area contributed by atoms with Gasteiger partial charge in [0, 0.05) is 0 Å². The molecule has 0 aliphatic rings. The molecule has 0 bridgehead atoms. The van der Waals surface area contributed by atoms with E-state index in [4.69, 9.17) is 0 Å². The standard InChI is InChI=1S/C15H28/c1-4-6-7-8-9-10-11-12-14-15(3)13-5-2/h5,11-12,15H,2,4,6-10,13-14H2,1,3H3. The van der Waals surface area contributed by atoms with Gasteiger partial charge in [0.1, 0.15) is 0 Å². The lowest BCUT2D eigenvalue weighted by Crippen LogP contribution is -1.88. The summed E-state index contributed by atoms with van der Waals surface area (Å²) >= 11 is 0. The predicted octanol–water partition coefficient (Wildman–Crippen LogP) is 5.51. The topological polar surface area (TPSA) is 0 Å². The van der Waals surface area contributed by atoms with Crippen molar-refractivity contribution in [2.24, 2.45) is 5.92 Å². The van der Waals surface area contributed by atoms with Gasteiger partial charge in [-0.1, -0.05) is 57.8 Å². The highest BCUT2D eigenvalue weighted by atomic mass is 14.0. The lowest BCUT2D eigenvalue weighted by Gasteiger charge is -2.03.